The van der Waals surface area contributed by atoms with Crippen molar-refractivity contribution in [3.05, 3.63) is 40.3 Å². The van der Waals surface area contributed by atoms with Crippen LogP contribution in [0.25, 0.3) is 10.1 Å². The van der Waals surface area contributed by atoms with Gasteiger partial charge in [-0.1, -0.05) is 22.9 Å². The quantitative estimate of drug-likeness (QED) is 0.794. The molecule has 0 aliphatic rings. The van der Waals surface area contributed by atoms with Gasteiger partial charge in [-0.05, 0) is 35.0 Å². The van der Waals surface area contributed by atoms with Gasteiger partial charge in [0.15, 0.2) is 8.68 Å². The van der Waals surface area contributed by atoms with Gasteiger partial charge in [-0.25, -0.2) is 13.4 Å². The van der Waals surface area contributed by atoms with E-state index >= 15 is 0 Å². The van der Waals surface area contributed by atoms with Crippen molar-refractivity contribution in [3.8, 4) is 0 Å². The average Bonchev–Trinajstić information content (AvgIpc) is 2.96. The summed E-state index contributed by atoms with van der Waals surface area (Å²) in [5.41, 5.74) is 0.524. The van der Waals surface area contributed by atoms with Crippen molar-refractivity contribution in [2.45, 2.75) is 4.21 Å². The largest absolute Gasteiger partial charge is 0.279 e. The highest BCUT2D eigenvalue weighted by Crippen LogP contribution is 2.27. The van der Waals surface area contributed by atoms with Gasteiger partial charge in [0, 0.05) is 10.4 Å². The van der Waals surface area contributed by atoms with Crippen LogP contribution in [0.2, 0.25) is 4.47 Å². The van der Waals surface area contributed by atoms with Crippen LogP contribution in [0.4, 0.5) is 5.69 Å². The van der Waals surface area contributed by atoms with E-state index in [1.165, 1.54) is 6.20 Å². The maximum Gasteiger partial charge on any atom is 0.273 e. The number of nitrogens with zero attached hydrogens (tertiary/aromatic N) is 1. The smallest absolute Gasteiger partial charge is 0.273 e. The number of rotatable bonds is 3. The van der Waals surface area contributed by atoms with E-state index in [1.54, 1.807) is 23.5 Å². The van der Waals surface area contributed by atoms with Crippen LogP contribution in [0, 0.1) is 0 Å². The molecule has 0 unspecified atom stereocenters. The first-order chi connectivity index (χ1) is 9.04. The second kappa shape index (κ2) is 4.75. The summed E-state index contributed by atoms with van der Waals surface area (Å²) < 4.78 is 28.1. The van der Waals surface area contributed by atoms with Crippen LogP contribution in [0.1, 0.15) is 0 Å². The molecule has 19 heavy (non-hydrogen) atoms. The normalized spacial score (nSPS) is 11.8. The second-order valence-corrected chi connectivity index (χ2v) is 8.18. The number of anilines is 1. The van der Waals surface area contributed by atoms with Gasteiger partial charge in [0.1, 0.15) is 0 Å². The zero-order valence-electron chi connectivity index (χ0n) is 9.33. The van der Waals surface area contributed by atoms with Crippen LogP contribution in [0.5, 0.6) is 0 Å². The monoisotopic (exact) mass is 330 g/mol. The van der Waals surface area contributed by atoms with Crippen molar-refractivity contribution in [1.82, 2.24) is 4.98 Å². The maximum absolute atomic E-state index is 12.1. The first-order valence-corrected chi connectivity index (χ1v) is 8.72. The summed E-state index contributed by atoms with van der Waals surface area (Å²) in [5.74, 6) is 0. The Bertz CT molecular complexity index is 838. The minimum Gasteiger partial charge on any atom is -0.279 e. The zero-order valence-corrected chi connectivity index (χ0v) is 12.5. The fourth-order valence-electron chi connectivity index (χ4n) is 1.60. The second-order valence-electron chi connectivity index (χ2n) is 3.71. The van der Waals surface area contributed by atoms with Crippen LogP contribution in [0.15, 0.2) is 40.1 Å². The van der Waals surface area contributed by atoms with Crippen molar-refractivity contribution in [2.75, 3.05) is 4.72 Å². The molecule has 0 amide bonds. The third-order valence-electron chi connectivity index (χ3n) is 2.43. The summed E-state index contributed by atoms with van der Waals surface area (Å²) in [5, 5.41) is 2.97. The molecule has 1 aromatic carbocycles. The molecule has 0 fully saturated rings. The van der Waals surface area contributed by atoms with Crippen molar-refractivity contribution in [1.29, 1.82) is 0 Å². The van der Waals surface area contributed by atoms with Crippen LogP contribution in [0.3, 0.4) is 0 Å². The molecule has 0 aliphatic carbocycles. The molecule has 0 saturated carbocycles. The topological polar surface area (TPSA) is 59.1 Å². The molecular formula is C11H7ClN2O2S3. The van der Waals surface area contributed by atoms with E-state index in [-0.39, 0.29) is 8.68 Å². The molecule has 3 rings (SSSR count). The Labute approximate surface area is 122 Å². The van der Waals surface area contributed by atoms with E-state index in [4.69, 9.17) is 11.6 Å². The lowest BCUT2D eigenvalue weighted by Gasteiger charge is -2.05. The molecule has 8 heteroatoms. The minimum atomic E-state index is -3.62. The molecule has 0 atom stereocenters. The summed E-state index contributed by atoms with van der Waals surface area (Å²) >= 11 is 8.19. The van der Waals surface area contributed by atoms with E-state index in [0.717, 1.165) is 21.4 Å². The highest BCUT2D eigenvalue weighted by molar-refractivity contribution is 7.94. The Hall–Kier alpha value is -1.15. The predicted molar refractivity (Wildman–Crippen MR) is 79.8 cm³/mol. The molecule has 98 valence electrons. The van der Waals surface area contributed by atoms with Gasteiger partial charge in [-0.15, -0.1) is 11.3 Å². The molecule has 4 nitrogen and oxygen atoms in total. The number of sulfonamides is 1. The number of halogens is 1. The number of nitrogens with one attached hydrogen (secondary N) is 1. The number of fused-ring (bicyclic) bond motifs is 1. The van der Waals surface area contributed by atoms with E-state index in [1.807, 2.05) is 17.5 Å². The molecule has 0 bridgehead atoms. The van der Waals surface area contributed by atoms with Gasteiger partial charge in [0.05, 0.1) is 6.20 Å². The molecular weight excluding hydrogens is 324 g/mol. The standard InChI is InChI=1S/C11H7ClN2O2S3/c12-11-13-6-10(18-11)19(15,16)14-8-1-2-9-7(5-8)3-4-17-9/h1-6,14H. The summed E-state index contributed by atoms with van der Waals surface area (Å²) in [6.07, 6.45) is 1.25. The first-order valence-electron chi connectivity index (χ1n) is 5.16. The molecule has 2 heterocycles. The Morgan fingerprint density at radius 1 is 1.26 bits per heavy atom. The third-order valence-corrected chi connectivity index (χ3v) is 6.28. The van der Waals surface area contributed by atoms with E-state index < -0.39 is 10.0 Å². The van der Waals surface area contributed by atoms with Crippen LogP contribution in [-0.4, -0.2) is 13.4 Å². The van der Waals surface area contributed by atoms with Gasteiger partial charge in [-0.2, -0.15) is 0 Å². The Kier molecular flexibility index (Phi) is 3.22. The lowest BCUT2D eigenvalue weighted by atomic mass is 10.2. The fourth-order valence-corrected chi connectivity index (χ4v) is 4.71. The molecule has 3 aromatic rings. The van der Waals surface area contributed by atoms with Crippen molar-refractivity contribution >= 4 is 60.1 Å². The average molecular weight is 331 g/mol. The predicted octanol–water partition coefficient (Wildman–Crippen LogP) is 3.81. The molecule has 1 N–H and O–H groups in total. The SMILES string of the molecule is O=S(=O)(Nc1ccc2sccc2c1)c1cnc(Cl)s1. The highest BCUT2D eigenvalue weighted by Gasteiger charge is 2.17. The van der Waals surface area contributed by atoms with Crippen molar-refractivity contribution in [2.24, 2.45) is 0 Å². The lowest BCUT2D eigenvalue weighted by Crippen LogP contribution is -2.11. The number of thiazole rings is 1. The molecule has 0 spiro atoms. The number of thiophene rings is 1. The summed E-state index contributed by atoms with van der Waals surface area (Å²) in [6.45, 7) is 0. The summed E-state index contributed by atoms with van der Waals surface area (Å²) in [7, 11) is -3.62. The number of hydrogen-bond acceptors (Lipinski definition) is 5. The maximum atomic E-state index is 12.1. The van der Waals surface area contributed by atoms with Gasteiger partial charge in [0.25, 0.3) is 10.0 Å². The van der Waals surface area contributed by atoms with Crippen LogP contribution < -0.4 is 4.72 Å². The number of benzene rings is 1. The van der Waals surface area contributed by atoms with Crippen molar-refractivity contribution in [3.63, 3.8) is 0 Å². The fraction of sp³-hybridized carbons (Fsp3) is 0. The summed E-state index contributed by atoms with van der Waals surface area (Å²) in [4.78, 5) is 3.73. The number of hydrogen-bond donors (Lipinski definition) is 1. The molecule has 0 aliphatic heterocycles. The zero-order chi connectivity index (χ0) is 13.5. The Morgan fingerprint density at radius 3 is 2.84 bits per heavy atom. The first kappa shape index (κ1) is 12.9. The Morgan fingerprint density at radius 2 is 2.11 bits per heavy atom. The van der Waals surface area contributed by atoms with E-state index in [9.17, 15) is 8.42 Å². The van der Waals surface area contributed by atoms with Gasteiger partial charge in [0.2, 0.25) is 0 Å². The van der Waals surface area contributed by atoms with Crippen molar-refractivity contribution < 1.29 is 8.42 Å². The van der Waals surface area contributed by atoms with Gasteiger partial charge in [-0.3, -0.25) is 4.72 Å². The van der Waals surface area contributed by atoms with Crippen LogP contribution in [-0.2, 0) is 10.0 Å². The third kappa shape index (κ3) is 2.59. The summed E-state index contributed by atoms with van der Waals surface area (Å²) in [6, 6.07) is 7.36. The van der Waals surface area contributed by atoms with E-state index in [2.05, 4.69) is 9.71 Å². The Balaban J connectivity index is 1.95. The minimum absolute atomic E-state index is 0.0999. The molecule has 0 saturated heterocycles. The van der Waals surface area contributed by atoms with Crippen LogP contribution >= 0.6 is 34.3 Å². The van der Waals surface area contributed by atoms with Gasteiger partial charge < -0.3 is 0 Å². The molecule has 0 radical (unpaired) electrons. The number of aromatic nitrogens is 1. The lowest BCUT2D eigenvalue weighted by molar-refractivity contribution is 0.603. The van der Waals surface area contributed by atoms with E-state index in [0.29, 0.717) is 5.69 Å². The van der Waals surface area contributed by atoms with Gasteiger partial charge >= 0.3 is 0 Å². The molecule has 2 aromatic heterocycles. The highest BCUT2D eigenvalue weighted by atomic mass is 35.5.